The first-order valence-electron chi connectivity index (χ1n) is 9.67. The van der Waals surface area contributed by atoms with Gasteiger partial charge in [0.2, 0.25) is 0 Å². The van der Waals surface area contributed by atoms with Gasteiger partial charge in [-0.05, 0) is 52.4 Å². The zero-order valence-electron chi connectivity index (χ0n) is 20.7. The van der Waals surface area contributed by atoms with Crippen molar-refractivity contribution in [1.82, 2.24) is 0 Å². The molecule has 26 heavy (non-hydrogen) atoms. The van der Waals surface area contributed by atoms with E-state index in [0.29, 0.717) is 0 Å². The summed E-state index contributed by atoms with van der Waals surface area (Å²) < 4.78 is 11.2. The number of unbranched alkanes of at least 4 members (excludes halogenated alkanes) is 2. The van der Waals surface area contributed by atoms with Gasteiger partial charge in [-0.25, -0.2) is 0 Å². The molecule has 0 radical (unpaired) electrons. The van der Waals surface area contributed by atoms with Crippen LogP contribution in [-0.4, -0.2) is 23.1 Å². The third-order valence-electron chi connectivity index (χ3n) is 4.87. The molecular weight excluding hydrogens is 350 g/mol. The maximum atomic E-state index is 12.1. The van der Waals surface area contributed by atoms with E-state index in [0.717, 1.165) is 51.4 Å². The van der Waals surface area contributed by atoms with Gasteiger partial charge < -0.3 is 12.3 Å². The molecule has 0 heterocycles. The minimum absolute atomic E-state index is 0. The van der Waals surface area contributed by atoms with Crippen LogP contribution in [0.1, 0.15) is 109 Å². The van der Waals surface area contributed by atoms with Crippen molar-refractivity contribution >= 4 is 11.9 Å². The Bertz CT molecular complexity index is 364. The van der Waals surface area contributed by atoms with E-state index >= 15 is 0 Å². The van der Waals surface area contributed by atoms with Gasteiger partial charge in [0.15, 0.2) is 0 Å². The summed E-state index contributed by atoms with van der Waals surface area (Å²) in [6.07, 6.45) is 7.70. The molecule has 0 aromatic heterocycles. The van der Waals surface area contributed by atoms with Crippen LogP contribution in [0.5, 0.6) is 0 Å². The summed E-state index contributed by atoms with van der Waals surface area (Å²) >= 11 is 0. The topological polar surface area (TPSA) is 52.6 Å². The van der Waals surface area contributed by atoms with Gasteiger partial charge in [-0.3, -0.25) is 9.59 Å². The average Bonchev–Trinajstić information content (AvgIpc) is 2.56. The molecule has 0 amide bonds. The molecule has 0 fully saturated rings. The Kier molecular flexibility index (Phi) is 20.5. The minimum atomic E-state index is -0.421. The van der Waals surface area contributed by atoms with Gasteiger partial charge in [-0.2, -0.15) is 0 Å². The Labute approximate surface area is 208 Å². The monoisotopic (exact) mass is 390 g/mol. The molecular formula is C20H40Na2O4. The van der Waals surface area contributed by atoms with E-state index in [4.69, 9.17) is 9.47 Å². The summed E-state index contributed by atoms with van der Waals surface area (Å²) in [5, 5.41) is 0. The third-order valence-corrected chi connectivity index (χ3v) is 4.87. The Morgan fingerprint density at radius 2 is 1.04 bits per heavy atom. The van der Waals surface area contributed by atoms with Gasteiger partial charge >= 0.3 is 71.1 Å². The van der Waals surface area contributed by atoms with Crippen molar-refractivity contribution in [3.63, 3.8) is 0 Å². The summed E-state index contributed by atoms with van der Waals surface area (Å²) in [7, 11) is 0. The van der Waals surface area contributed by atoms with E-state index in [2.05, 4.69) is 13.8 Å². The van der Waals surface area contributed by atoms with Gasteiger partial charge in [0.1, 0.15) is 11.2 Å². The van der Waals surface area contributed by atoms with Crippen molar-refractivity contribution < 1.29 is 81.0 Å². The molecule has 0 N–H and O–H groups in total. The van der Waals surface area contributed by atoms with E-state index < -0.39 is 11.2 Å². The first kappa shape index (κ1) is 31.6. The first-order chi connectivity index (χ1) is 11.2. The zero-order valence-corrected chi connectivity index (χ0v) is 22.7. The normalized spacial score (nSPS) is 14.8. The molecule has 0 aromatic carbocycles. The maximum Gasteiger partial charge on any atom is 1.00 e. The van der Waals surface area contributed by atoms with Crippen LogP contribution < -0.4 is 59.1 Å². The van der Waals surface area contributed by atoms with Crippen LogP contribution in [0.25, 0.3) is 0 Å². The second-order valence-electron chi connectivity index (χ2n) is 7.26. The van der Waals surface area contributed by atoms with Crippen molar-refractivity contribution in [2.24, 2.45) is 0 Å². The molecule has 0 bridgehead atoms. The second-order valence-corrected chi connectivity index (χ2v) is 7.26. The first-order valence-corrected chi connectivity index (χ1v) is 9.67. The second kappa shape index (κ2) is 16.9. The molecule has 0 saturated heterocycles. The zero-order chi connectivity index (χ0) is 18.6. The molecule has 2 atom stereocenters. The summed E-state index contributed by atoms with van der Waals surface area (Å²) in [6, 6.07) is 0. The molecule has 0 aliphatic heterocycles. The maximum absolute atomic E-state index is 12.1. The van der Waals surface area contributed by atoms with Crippen LogP contribution in [0.15, 0.2) is 0 Å². The van der Waals surface area contributed by atoms with Crippen LogP contribution in [-0.2, 0) is 19.1 Å². The predicted octanol–water partition coefficient (Wildman–Crippen LogP) is -0.196. The quantitative estimate of drug-likeness (QED) is 0.323. The summed E-state index contributed by atoms with van der Waals surface area (Å²) in [6.45, 7) is 12.2. The number of ether oxygens (including phenoxy) is 2. The van der Waals surface area contributed by atoms with Crippen LogP contribution in [0.2, 0.25) is 0 Å². The standard InChI is InChI=1S/C20H38O4.2Na.2H/c1-7-11-15-19(5,9-3)23-17(21)13-14-18(22)24-20(6,10-4)16-12-8-2;;;;/h7-16H2,1-6H3;;;;/q;2*+1;2*-1. The summed E-state index contributed by atoms with van der Waals surface area (Å²) in [5.74, 6) is -0.613. The summed E-state index contributed by atoms with van der Waals surface area (Å²) in [5.41, 5.74) is -0.841. The van der Waals surface area contributed by atoms with Gasteiger partial charge in [0, 0.05) is 0 Å². The third kappa shape index (κ3) is 14.0. The molecule has 0 spiro atoms. The van der Waals surface area contributed by atoms with Gasteiger partial charge in [-0.15, -0.1) is 0 Å². The fourth-order valence-corrected chi connectivity index (χ4v) is 2.56. The van der Waals surface area contributed by atoms with Crippen LogP contribution >= 0.6 is 0 Å². The molecule has 0 aromatic rings. The fraction of sp³-hybridized carbons (Fsp3) is 0.900. The molecule has 0 rings (SSSR count). The SMILES string of the molecule is CCCCC(C)(CC)OC(=O)CCC(=O)OC(C)(CC)CCCC.[H-].[H-].[Na+].[Na+]. The fourth-order valence-electron chi connectivity index (χ4n) is 2.56. The Balaban J connectivity index is -0.000000441. The van der Waals surface area contributed by atoms with E-state index in [1.54, 1.807) is 0 Å². The van der Waals surface area contributed by atoms with Crippen molar-refractivity contribution in [3.8, 4) is 0 Å². The van der Waals surface area contributed by atoms with E-state index in [9.17, 15) is 9.59 Å². The van der Waals surface area contributed by atoms with Crippen LogP contribution in [0, 0.1) is 0 Å². The molecule has 0 aliphatic rings. The Hall–Kier alpha value is 0.940. The molecule has 0 aliphatic carbocycles. The number of carbonyl (C=O) groups is 2. The molecule has 0 saturated carbocycles. The number of rotatable bonds is 13. The van der Waals surface area contributed by atoms with Gasteiger partial charge in [0.05, 0.1) is 12.8 Å². The number of carbonyl (C=O) groups excluding carboxylic acids is 2. The van der Waals surface area contributed by atoms with Gasteiger partial charge in [-0.1, -0.05) is 40.5 Å². The molecule has 146 valence electrons. The van der Waals surface area contributed by atoms with Crippen molar-refractivity contribution in [2.45, 2.75) is 117 Å². The van der Waals surface area contributed by atoms with Gasteiger partial charge in [0.25, 0.3) is 0 Å². The summed E-state index contributed by atoms with van der Waals surface area (Å²) in [4.78, 5) is 24.1. The van der Waals surface area contributed by atoms with Crippen LogP contribution in [0.3, 0.4) is 0 Å². The van der Waals surface area contributed by atoms with E-state index in [-0.39, 0.29) is 86.7 Å². The Morgan fingerprint density at radius 3 is 1.27 bits per heavy atom. The number of hydrogen-bond donors (Lipinski definition) is 0. The van der Waals surface area contributed by atoms with Crippen LogP contribution in [0.4, 0.5) is 0 Å². The Morgan fingerprint density at radius 1 is 0.731 bits per heavy atom. The largest absolute Gasteiger partial charge is 1.00 e. The minimum Gasteiger partial charge on any atom is -1.00 e. The molecule has 6 heteroatoms. The molecule has 4 nitrogen and oxygen atoms in total. The number of esters is 2. The van der Waals surface area contributed by atoms with E-state index in [1.807, 2.05) is 27.7 Å². The molecule has 2 unspecified atom stereocenters. The van der Waals surface area contributed by atoms with Crippen molar-refractivity contribution in [1.29, 1.82) is 0 Å². The average molecular weight is 391 g/mol. The van der Waals surface area contributed by atoms with Crippen molar-refractivity contribution in [2.75, 3.05) is 0 Å². The number of hydrogen-bond acceptors (Lipinski definition) is 4. The predicted molar refractivity (Wildman–Crippen MR) is 100 cm³/mol. The van der Waals surface area contributed by atoms with E-state index in [1.165, 1.54) is 0 Å². The van der Waals surface area contributed by atoms with Crippen molar-refractivity contribution in [3.05, 3.63) is 0 Å². The smallest absolute Gasteiger partial charge is 1.00 e.